The fourth-order valence-electron chi connectivity index (χ4n) is 2.54. The first-order chi connectivity index (χ1) is 11.2. The van der Waals surface area contributed by atoms with Gasteiger partial charge in [0.1, 0.15) is 12.7 Å². The van der Waals surface area contributed by atoms with E-state index in [9.17, 15) is 9.59 Å². The Labute approximate surface area is 133 Å². The highest BCUT2D eigenvalue weighted by Crippen LogP contribution is 2.11. The van der Waals surface area contributed by atoms with Gasteiger partial charge in [-0.1, -0.05) is 0 Å². The summed E-state index contributed by atoms with van der Waals surface area (Å²) in [5.74, 6) is -0.627. The number of esters is 1. The average Bonchev–Trinajstić information content (AvgIpc) is 3.15. The second-order valence-electron chi connectivity index (χ2n) is 5.40. The summed E-state index contributed by atoms with van der Waals surface area (Å²) < 4.78 is 6.70. The SMILES string of the molecule is O=C(OCC(=O)N1CCCCC1)c1ccc(-n2cncn2)cc1. The molecule has 0 bridgehead atoms. The van der Waals surface area contributed by atoms with Crippen molar-refractivity contribution in [2.24, 2.45) is 0 Å². The maximum atomic E-state index is 12.0. The van der Waals surface area contributed by atoms with Crippen LogP contribution < -0.4 is 0 Å². The van der Waals surface area contributed by atoms with Gasteiger partial charge >= 0.3 is 5.97 Å². The zero-order chi connectivity index (χ0) is 16.1. The summed E-state index contributed by atoms with van der Waals surface area (Å²) in [7, 11) is 0. The molecule has 0 radical (unpaired) electrons. The van der Waals surface area contributed by atoms with E-state index in [4.69, 9.17) is 4.74 Å². The second kappa shape index (κ2) is 7.04. The third kappa shape index (κ3) is 3.74. The fraction of sp³-hybridized carbons (Fsp3) is 0.375. The Morgan fingerprint density at radius 1 is 1.09 bits per heavy atom. The van der Waals surface area contributed by atoms with Gasteiger partial charge in [-0.05, 0) is 43.5 Å². The number of amides is 1. The maximum absolute atomic E-state index is 12.0. The standard InChI is InChI=1S/C16H18N4O3/c21-15(19-8-2-1-3-9-19)10-23-16(22)13-4-6-14(7-5-13)20-12-17-11-18-20/h4-7,11-12H,1-3,8-10H2. The van der Waals surface area contributed by atoms with E-state index in [1.165, 1.54) is 6.33 Å². The lowest BCUT2D eigenvalue weighted by molar-refractivity contribution is -0.135. The molecule has 0 unspecified atom stereocenters. The summed E-state index contributed by atoms with van der Waals surface area (Å²) in [5, 5.41) is 4.01. The van der Waals surface area contributed by atoms with E-state index in [0.29, 0.717) is 5.56 Å². The van der Waals surface area contributed by atoms with Crippen LogP contribution in [0.5, 0.6) is 0 Å². The molecule has 7 heteroatoms. The minimum Gasteiger partial charge on any atom is -0.452 e. The Bertz CT molecular complexity index is 661. The largest absolute Gasteiger partial charge is 0.452 e. The molecule has 0 saturated carbocycles. The predicted molar refractivity (Wildman–Crippen MR) is 82.1 cm³/mol. The van der Waals surface area contributed by atoms with Crippen molar-refractivity contribution in [2.45, 2.75) is 19.3 Å². The highest BCUT2D eigenvalue weighted by molar-refractivity contribution is 5.91. The molecule has 1 amide bonds. The molecule has 3 rings (SSSR count). The minimum atomic E-state index is -0.500. The third-order valence-electron chi connectivity index (χ3n) is 3.82. The van der Waals surface area contributed by atoms with E-state index < -0.39 is 5.97 Å². The number of aromatic nitrogens is 3. The number of hydrogen-bond donors (Lipinski definition) is 0. The highest BCUT2D eigenvalue weighted by Gasteiger charge is 2.18. The van der Waals surface area contributed by atoms with E-state index >= 15 is 0 Å². The number of nitrogens with zero attached hydrogens (tertiary/aromatic N) is 4. The van der Waals surface area contributed by atoms with Gasteiger partial charge in [0.15, 0.2) is 6.61 Å². The molecule has 0 atom stereocenters. The summed E-state index contributed by atoms with van der Waals surface area (Å²) in [6.07, 6.45) is 6.20. The van der Waals surface area contributed by atoms with Crippen LogP contribution in [-0.4, -0.2) is 51.2 Å². The van der Waals surface area contributed by atoms with Crippen molar-refractivity contribution in [3.05, 3.63) is 42.5 Å². The van der Waals surface area contributed by atoms with Gasteiger partial charge in [0, 0.05) is 13.1 Å². The molecule has 23 heavy (non-hydrogen) atoms. The van der Waals surface area contributed by atoms with Crippen LogP contribution in [0.2, 0.25) is 0 Å². The van der Waals surface area contributed by atoms with E-state index in [0.717, 1.165) is 38.0 Å². The molecule has 2 heterocycles. The lowest BCUT2D eigenvalue weighted by Gasteiger charge is -2.26. The highest BCUT2D eigenvalue weighted by atomic mass is 16.5. The number of hydrogen-bond acceptors (Lipinski definition) is 5. The second-order valence-corrected chi connectivity index (χ2v) is 5.40. The summed E-state index contributed by atoms with van der Waals surface area (Å²) in [6, 6.07) is 6.78. The molecule has 0 N–H and O–H groups in total. The first-order valence-corrected chi connectivity index (χ1v) is 7.64. The van der Waals surface area contributed by atoms with Gasteiger partial charge < -0.3 is 9.64 Å². The van der Waals surface area contributed by atoms with Gasteiger partial charge in [-0.25, -0.2) is 14.5 Å². The molecule has 2 aromatic rings. The normalized spacial score (nSPS) is 14.5. The van der Waals surface area contributed by atoms with Crippen molar-refractivity contribution < 1.29 is 14.3 Å². The molecule has 1 aliphatic rings. The van der Waals surface area contributed by atoms with E-state index in [1.54, 1.807) is 40.2 Å². The Morgan fingerprint density at radius 2 is 1.83 bits per heavy atom. The van der Waals surface area contributed by atoms with Crippen molar-refractivity contribution in [3.8, 4) is 5.69 Å². The first kappa shape index (κ1) is 15.2. The van der Waals surface area contributed by atoms with Crippen LogP contribution in [0.3, 0.4) is 0 Å². The number of likely N-dealkylation sites (tertiary alicyclic amines) is 1. The van der Waals surface area contributed by atoms with Gasteiger partial charge in [0.25, 0.3) is 5.91 Å². The van der Waals surface area contributed by atoms with Crippen molar-refractivity contribution in [2.75, 3.05) is 19.7 Å². The Morgan fingerprint density at radius 3 is 2.48 bits per heavy atom. The quantitative estimate of drug-likeness (QED) is 0.798. The molecule has 1 fully saturated rings. The lowest BCUT2D eigenvalue weighted by atomic mass is 10.1. The molecular weight excluding hydrogens is 296 g/mol. The molecular formula is C16H18N4O3. The molecule has 1 aliphatic heterocycles. The fourth-order valence-corrected chi connectivity index (χ4v) is 2.54. The van der Waals surface area contributed by atoms with E-state index in [2.05, 4.69) is 10.1 Å². The molecule has 7 nitrogen and oxygen atoms in total. The monoisotopic (exact) mass is 314 g/mol. The van der Waals surface area contributed by atoms with Crippen LogP contribution in [0.25, 0.3) is 5.69 Å². The van der Waals surface area contributed by atoms with E-state index in [-0.39, 0.29) is 12.5 Å². The van der Waals surface area contributed by atoms with Crippen LogP contribution in [0, 0.1) is 0 Å². The first-order valence-electron chi connectivity index (χ1n) is 7.64. The zero-order valence-corrected chi connectivity index (χ0v) is 12.7. The van der Waals surface area contributed by atoms with Crippen LogP contribution in [0.15, 0.2) is 36.9 Å². The zero-order valence-electron chi connectivity index (χ0n) is 12.7. The summed E-state index contributed by atoms with van der Waals surface area (Å²) in [6.45, 7) is 1.30. The van der Waals surface area contributed by atoms with Crippen LogP contribution >= 0.6 is 0 Å². The summed E-state index contributed by atoms with van der Waals surface area (Å²) in [5.41, 5.74) is 1.20. The number of ether oxygens (including phenoxy) is 1. The Balaban J connectivity index is 1.54. The smallest absolute Gasteiger partial charge is 0.338 e. The molecule has 1 aromatic heterocycles. The van der Waals surface area contributed by atoms with Gasteiger partial charge in [-0.3, -0.25) is 4.79 Å². The Kier molecular flexibility index (Phi) is 4.65. The van der Waals surface area contributed by atoms with Crippen molar-refractivity contribution in [1.82, 2.24) is 19.7 Å². The van der Waals surface area contributed by atoms with Crippen LogP contribution in [-0.2, 0) is 9.53 Å². The molecule has 120 valence electrons. The number of benzene rings is 1. The lowest BCUT2D eigenvalue weighted by Crippen LogP contribution is -2.38. The van der Waals surface area contributed by atoms with Crippen LogP contribution in [0.4, 0.5) is 0 Å². The minimum absolute atomic E-state index is 0.128. The van der Waals surface area contributed by atoms with Gasteiger partial charge in [0.05, 0.1) is 11.3 Å². The van der Waals surface area contributed by atoms with Crippen molar-refractivity contribution >= 4 is 11.9 Å². The number of piperidine rings is 1. The molecule has 0 spiro atoms. The van der Waals surface area contributed by atoms with Gasteiger partial charge in [-0.2, -0.15) is 5.10 Å². The average molecular weight is 314 g/mol. The maximum Gasteiger partial charge on any atom is 0.338 e. The Hall–Kier alpha value is -2.70. The molecule has 1 aromatic carbocycles. The number of rotatable bonds is 4. The van der Waals surface area contributed by atoms with Gasteiger partial charge in [-0.15, -0.1) is 0 Å². The molecule has 1 saturated heterocycles. The van der Waals surface area contributed by atoms with Crippen LogP contribution in [0.1, 0.15) is 29.6 Å². The van der Waals surface area contributed by atoms with Crippen molar-refractivity contribution in [1.29, 1.82) is 0 Å². The summed E-state index contributed by atoms with van der Waals surface area (Å²) >= 11 is 0. The predicted octanol–water partition coefficient (Wildman–Crippen LogP) is 1.44. The molecule has 0 aliphatic carbocycles. The topological polar surface area (TPSA) is 77.3 Å². The third-order valence-corrected chi connectivity index (χ3v) is 3.82. The summed E-state index contributed by atoms with van der Waals surface area (Å²) in [4.78, 5) is 29.6. The number of carbonyl (C=O) groups excluding carboxylic acids is 2. The number of carbonyl (C=O) groups is 2. The van der Waals surface area contributed by atoms with Crippen molar-refractivity contribution in [3.63, 3.8) is 0 Å². The van der Waals surface area contributed by atoms with E-state index in [1.807, 2.05) is 0 Å². The van der Waals surface area contributed by atoms with Gasteiger partial charge in [0.2, 0.25) is 0 Å².